The van der Waals surface area contributed by atoms with Crippen LogP contribution in [-0.2, 0) is 16.5 Å². The second kappa shape index (κ2) is 6.73. The molecule has 2 rings (SSSR count). The van der Waals surface area contributed by atoms with Gasteiger partial charge in [0.05, 0.1) is 23.2 Å². The van der Waals surface area contributed by atoms with Crippen molar-refractivity contribution in [2.45, 2.75) is 44.1 Å². The summed E-state index contributed by atoms with van der Waals surface area (Å²) in [4.78, 5) is 13.5. The number of hydrogen-bond acceptors (Lipinski definition) is 6. The molecule has 1 fully saturated rings. The van der Waals surface area contributed by atoms with Gasteiger partial charge in [-0.2, -0.15) is 5.10 Å². The maximum Gasteiger partial charge on any atom is 0.312 e. The highest BCUT2D eigenvalue weighted by Crippen LogP contribution is 2.36. The van der Waals surface area contributed by atoms with E-state index in [1.807, 2.05) is 0 Å². The summed E-state index contributed by atoms with van der Waals surface area (Å²) in [5.41, 5.74) is 9.02. The molecule has 10 nitrogen and oxygen atoms in total. The van der Waals surface area contributed by atoms with Gasteiger partial charge in [0, 0.05) is 19.1 Å². The quantitative estimate of drug-likeness (QED) is 0.277. The fourth-order valence-electron chi connectivity index (χ4n) is 2.89. The largest absolute Gasteiger partial charge is 0.378 e. The number of aromatic nitrogens is 2. The van der Waals surface area contributed by atoms with Gasteiger partial charge in [-0.15, -0.1) is 0 Å². The Bertz CT molecular complexity index is 596. The molecule has 4 atom stereocenters. The van der Waals surface area contributed by atoms with Crippen LogP contribution in [0.5, 0.6) is 0 Å². The maximum atomic E-state index is 11.1. The third-order valence-electron chi connectivity index (χ3n) is 3.88. The van der Waals surface area contributed by atoms with Crippen molar-refractivity contribution in [1.29, 1.82) is 0 Å². The Morgan fingerprint density at radius 3 is 2.95 bits per heavy atom. The van der Waals surface area contributed by atoms with Gasteiger partial charge in [0.1, 0.15) is 18.0 Å². The fourth-order valence-corrected chi connectivity index (χ4v) is 2.89. The fraction of sp³-hybridized carbons (Fsp3) is 0.750. The number of methoxy groups -OCH3 is 1. The zero-order valence-corrected chi connectivity index (χ0v) is 12.6. The van der Waals surface area contributed by atoms with Crippen molar-refractivity contribution in [2.24, 2.45) is 12.2 Å². The molecule has 0 aliphatic carbocycles. The lowest BCUT2D eigenvalue weighted by Gasteiger charge is -2.25. The standard InChI is InChI=1S/C12H18N6O4/c1-7-12(21-3)8(15-16-13)4-5-10(22-7)11-9(18(19)20)6-14-17(11)2/h6-8,10,12H,4-5H2,1-3H3/t7-,8-,10+,12-/m1/s1. The van der Waals surface area contributed by atoms with Crippen molar-refractivity contribution >= 4 is 5.69 Å². The topological polar surface area (TPSA) is 128 Å². The molecule has 120 valence electrons. The first-order valence-corrected chi connectivity index (χ1v) is 6.88. The Labute approximate surface area is 126 Å². The Kier molecular flexibility index (Phi) is 4.96. The number of ether oxygens (including phenoxy) is 2. The molecule has 0 unspecified atom stereocenters. The number of rotatable bonds is 4. The zero-order chi connectivity index (χ0) is 16.3. The van der Waals surface area contributed by atoms with E-state index < -0.39 is 17.1 Å². The summed E-state index contributed by atoms with van der Waals surface area (Å²) < 4.78 is 12.8. The van der Waals surface area contributed by atoms with Crippen LogP contribution < -0.4 is 0 Å². The van der Waals surface area contributed by atoms with Crippen LogP contribution in [0.1, 0.15) is 31.6 Å². The van der Waals surface area contributed by atoms with E-state index in [4.69, 9.17) is 15.0 Å². The summed E-state index contributed by atoms with van der Waals surface area (Å²) >= 11 is 0. The van der Waals surface area contributed by atoms with Gasteiger partial charge in [0.2, 0.25) is 0 Å². The van der Waals surface area contributed by atoms with E-state index in [0.717, 1.165) is 0 Å². The average molecular weight is 310 g/mol. The minimum Gasteiger partial charge on any atom is -0.378 e. The second-order valence-corrected chi connectivity index (χ2v) is 5.18. The summed E-state index contributed by atoms with van der Waals surface area (Å²) in [7, 11) is 3.16. The Balaban J connectivity index is 2.33. The lowest BCUT2D eigenvalue weighted by Crippen LogP contribution is -2.36. The van der Waals surface area contributed by atoms with E-state index >= 15 is 0 Å². The van der Waals surface area contributed by atoms with Crippen LogP contribution in [0.15, 0.2) is 11.3 Å². The lowest BCUT2D eigenvalue weighted by molar-refractivity contribution is -0.386. The molecule has 10 heteroatoms. The molecule has 1 saturated heterocycles. The number of nitrogens with zero attached hydrogens (tertiary/aromatic N) is 6. The van der Waals surface area contributed by atoms with E-state index in [2.05, 4.69) is 15.1 Å². The number of azide groups is 1. The third-order valence-corrected chi connectivity index (χ3v) is 3.88. The zero-order valence-electron chi connectivity index (χ0n) is 12.6. The molecular formula is C12H18N6O4. The molecule has 1 aromatic heterocycles. The second-order valence-electron chi connectivity index (χ2n) is 5.18. The van der Waals surface area contributed by atoms with Crippen molar-refractivity contribution in [3.05, 3.63) is 32.4 Å². The number of nitro groups is 1. The molecule has 0 saturated carbocycles. The highest BCUT2D eigenvalue weighted by molar-refractivity contribution is 5.35. The first kappa shape index (κ1) is 16.2. The molecule has 1 aromatic rings. The number of aryl methyl sites for hydroxylation is 1. The summed E-state index contributed by atoms with van der Waals surface area (Å²) in [6, 6.07) is -0.373. The molecule has 0 spiro atoms. The lowest BCUT2D eigenvalue weighted by atomic mass is 10.0. The highest BCUT2D eigenvalue weighted by atomic mass is 16.6. The van der Waals surface area contributed by atoms with E-state index in [1.54, 1.807) is 14.0 Å². The molecule has 0 amide bonds. The molecule has 22 heavy (non-hydrogen) atoms. The van der Waals surface area contributed by atoms with Crippen LogP contribution in [0, 0.1) is 10.1 Å². The first-order valence-electron chi connectivity index (χ1n) is 6.88. The molecule has 1 aliphatic heterocycles. The summed E-state index contributed by atoms with van der Waals surface area (Å²) in [6.45, 7) is 1.80. The van der Waals surface area contributed by atoms with Crippen molar-refractivity contribution in [1.82, 2.24) is 9.78 Å². The summed E-state index contributed by atoms with van der Waals surface area (Å²) in [5, 5.41) is 18.8. The summed E-state index contributed by atoms with van der Waals surface area (Å²) in [6.07, 6.45) is 0.941. The van der Waals surface area contributed by atoms with Gasteiger partial charge in [-0.05, 0) is 25.3 Å². The maximum absolute atomic E-state index is 11.1. The van der Waals surface area contributed by atoms with Gasteiger partial charge < -0.3 is 9.47 Å². The van der Waals surface area contributed by atoms with Crippen LogP contribution in [0.25, 0.3) is 10.4 Å². The third kappa shape index (κ3) is 3.03. The van der Waals surface area contributed by atoms with Crippen LogP contribution >= 0.6 is 0 Å². The molecule has 0 radical (unpaired) electrons. The van der Waals surface area contributed by atoms with Gasteiger partial charge in [0.25, 0.3) is 0 Å². The van der Waals surface area contributed by atoms with Crippen LogP contribution in [-0.4, -0.2) is 40.1 Å². The molecule has 0 bridgehead atoms. The van der Waals surface area contributed by atoms with E-state index in [9.17, 15) is 10.1 Å². The van der Waals surface area contributed by atoms with Gasteiger partial charge in [-0.1, -0.05) is 5.11 Å². The van der Waals surface area contributed by atoms with Gasteiger partial charge in [-0.3, -0.25) is 14.8 Å². The molecular weight excluding hydrogens is 292 g/mol. The monoisotopic (exact) mass is 310 g/mol. The normalized spacial score (nSPS) is 28.7. The van der Waals surface area contributed by atoms with Crippen LogP contribution in [0.2, 0.25) is 0 Å². The van der Waals surface area contributed by atoms with E-state index in [-0.39, 0.29) is 17.8 Å². The predicted octanol–water partition coefficient (Wildman–Crippen LogP) is 2.26. The smallest absolute Gasteiger partial charge is 0.312 e. The van der Waals surface area contributed by atoms with Crippen molar-refractivity contribution < 1.29 is 14.4 Å². The van der Waals surface area contributed by atoms with Crippen LogP contribution in [0.3, 0.4) is 0 Å². The van der Waals surface area contributed by atoms with Crippen LogP contribution in [0.4, 0.5) is 5.69 Å². The Morgan fingerprint density at radius 1 is 1.64 bits per heavy atom. The van der Waals surface area contributed by atoms with E-state index in [1.165, 1.54) is 18.0 Å². The molecule has 0 N–H and O–H groups in total. The molecule has 2 heterocycles. The first-order chi connectivity index (χ1) is 10.5. The molecule has 0 aromatic carbocycles. The van der Waals surface area contributed by atoms with Gasteiger partial charge in [-0.25, -0.2) is 0 Å². The summed E-state index contributed by atoms with van der Waals surface area (Å²) in [5.74, 6) is 0. The SMILES string of the molecule is CO[C@H]1[C@H](N=[N+]=[N-])CC[C@@H](c2c([N+](=O)[O-])cnn2C)O[C@@H]1C. The average Bonchev–Trinajstić information content (AvgIpc) is 2.78. The Hall–Kier alpha value is -2.16. The van der Waals surface area contributed by atoms with E-state index in [0.29, 0.717) is 18.5 Å². The van der Waals surface area contributed by atoms with Gasteiger partial charge in [0.15, 0.2) is 0 Å². The molecule has 1 aliphatic rings. The van der Waals surface area contributed by atoms with Crippen molar-refractivity contribution in [2.75, 3.05) is 7.11 Å². The van der Waals surface area contributed by atoms with Gasteiger partial charge >= 0.3 is 5.69 Å². The highest BCUT2D eigenvalue weighted by Gasteiger charge is 2.37. The minimum atomic E-state index is -0.501. The van der Waals surface area contributed by atoms with Crippen molar-refractivity contribution in [3.63, 3.8) is 0 Å². The number of hydrogen-bond donors (Lipinski definition) is 0. The predicted molar refractivity (Wildman–Crippen MR) is 76.1 cm³/mol. The Morgan fingerprint density at radius 2 is 2.36 bits per heavy atom. The van der Waals surface area contributed by atoms with Crippen molar-refractivity contribution in [3.8, 4) is 0 Å². The minimum absolute atomic E-state index is 0.0732.